The van der Waals surface area contributed by atoms with Crippen molar-refractivity contribution < 1.29 is 9.18 Å². The molecule has 4 nitrogen and oxygen atoms in total. The third kappa shape index (κ3) is 4.78. The van der Waals surface area contributed by atoms with Gasteiger partial charge in [-0.2, -0.15) is 0 Å². The van der Waals surface area contributed by atoms with Crippen LogP contribution < -0.4 is 10.2 Å². The van der Waals surface area contributed by atoms with Crippen LogP contribution >= 0.6 is 0 Å². The maximum Gasteiger partial charge on any atom is 0.254 e. The summed E-state index contributed by atoms with van der Waals surface area (Å²) < 4.78 is 14.1. The van der Waals surface area contributed by atoms with Crippen molar-refractivity contribution in [2.24, 2.45) is 0 Å². The maximum absolute atomic E-state index is 14.1. The van der Waals surface area contributed by atoms with Crippen molar-refractivity contribution in [3.8, 4) is 0 Å². The average molecular weight is 418 g/mol. The van der Waals surface area contributed by atoms with Crippen molar-refractivity contribution in [1.29, 1.82) is 0 Å². The van der Waals surface area contributed by atoms with Gasteiger partial charge in [0.25, 0.3) is 5.91 Å². The Hall–Kier alpha value is -3.18. The summed E-state index contributed by atoms with van der Waals surface area (Å²) in [5.74, 6) is -0.885. The molecule has 0 saturated heterocycles. The molecule has 1 heterocycles. The first-order valence-electron chi connectivity index (χ1n) is 10.6. The fraction of sp³-hybridized carbons (Fsp3) is 0.269. The quantitative estimate of drug-likeness (QED) is 0.645. The van der Waals surface area contributed by atoms with Gasteiger partial charge in [-0.25, -0.2) is 4.39 Å². The number of fused-ring (bicyclic) bond motifs is 1. The van der Waals surface area contributed by atoms with Crippen LogP contribution in [0, 0.1) is 5.82 Å². The molecule has 0 unspecified atom stereocenters. The first-order valence-corrected chi connectivity index (χ1v) is 10.6. The Bertz CT molecular complexity index is 1050. The lowest BCUT2D eigenvalue weighted by molar-refractivity contribution is 0.0923. The van der Waals surface area contributed by atoms with E-state index in [1.165, 1.54) is 23.3 Å². The highest BCUT2D eigenvalue weighted by Crippen LogP contribution is 2.29. The van der Waals surface area contributed by atoms with Gasteiger partial charge in [-0.15, -0.1) is 0 Å². The second-order valence-corrected chi connectivity index (χ2v) is 8.18. The van der Waals surface area contributed by atoms with E-state index in [0.29, 0.717) is 6.54 Å². The normalized spacial score (nSPS) is 14.5. The minimum absolute atomic E-state index is 0.000270. The molecule has 0 saturated carbocycles. The summed E-state index contributed by atoms with van der Waals surface area (Å²) in [5, 5.41) is 2.97. The molecular weight excluding hydrogens is 389 g/mol. The van der Waals surface area contributed by atoms with Crippen molar-refractivity contribution in [3.63, 3.8) is 0 Å². The molecule has 1 aliphatic rings. The summed E-state index contributed by atoms with van der Waals surface area (Å²) in [4.78, 5) is 17.1. The van der Waals surface area contributed by atoms with Gasteiger partial charge < -0.3 is 10.2 Å². The zero-order valence-corrected chi connectivity index (χ0v) is 18.0. The van der Waals surface area contributed by atoms with E-state index in [1.807, 2.05) is 14.1 Å². The lowest BCUT2D eigenvalue weighted by Gasteiger charge is -2.36. The molecular formula is C26H28FN3O. The molecule has 4 rings (SSSR count). The molecule has 0 fully saturated rings. The second kappa shape index (κ2) is 9.31. The Morgan fingerprint density at radius 1 is 1.00 bits per heavy atom. The number of carbonyl (C=O) groups excluding carboxylic acids is 1. The highest BCUT2D eigenvalue weighted by molar-refractivity contribution is 5.94. The zero-order chi connectivity index (χ0) is 21.8. The van der Waals surface area contributed by atoms with Crippen LogP contribution in [0.2, 0.25) is 0 Å². The maximum atomic E-state index is 14.1. The number of nitrogens with one attached hydrogen (secondary N) is 1. The van der Waals surface area contributed by atoms with Crippen molar-refractivity contribution in [3.05, 3.63) is 101 Å². The van der Waals surface area contributed by atoms with Crippen LogP contribution in [0.25, 0.3) is 0 Å². The van der Waals surface area contributed by atoms with Gasteiger partial charge in [0.2, 0.25) is 0 Å². The van der Waals surface area contributed by atoms with Crippen molar-refractivity contribution in [2.45, 2.75) is 19.0 Å². The molecule has 3 aromatic rings. The Morgan fingerprint density at radius 2 is 1.68 bits per heavy atom. The summed E-state index contributed by atoms with van der Waals surface area (Å²) in [6.45, 7) is 2.15. The van der Waals surface area contributed by atoms with Crippen LogP contribution in [0.15, 0.2) is 72.8 Å². The van der Waals surface area contributed by atoms with E-state index in [0.717, 1.165) is 30.8 Å². The molecule has 0 spiro atoms. The molecule has 160 valence electrons. The number of amides is 1. The first kappa shape index (κ1) is 21.1. The SMILES string of the molecule is CN(C)c1ccc([C@H](CNC(=O)c2ccccc2F)N2CCc3ccccc3C2)cc1. The number of nitrogens with zero attached hydrogens (tertiary/aromatic N) is 2. The molecule has 5 heteroatoms. The van der Waals surface area contributed by atoms with E-state index in [-0.39, 0.29) is 17.5 Å². The van der Waals surface area contributed by atoms with E-state index >= 15 is 0 Å². The largest absolute Gasteiger partial charge is 0.378 e. The Labute approximate surface area is 183 Å². The molecule has 31 heavy (non-hydrogen) atoms. The van der Waals surface area contributed by atoms with Gasteiger partial charge in [0.15, 0.2) is 0 Å². The Kier molecular flexibility index (Phi) is 6.33. The summed E-state index contributed by atoms with van der Waals surface area (Å²) >= 11 is 0. The minimum atomic E-state index is -0.501. The molecule has 1 atom stereocenters. The summed E-state index contributed by atoms with van der Waals surface area (Å²) in [6.07, 6.45) is 0.976. The number of hydrogen-bond acceptors (Lipinski definition) is 3. The third-order valence-electron chi connectivity index (χ3n) is 5.97. The molecule has 1 amide bonds. The highest BCUT2D eigenvalue weighted by atomic mass is 19.1. The van der Waals surface area contributed by atoms with E-state index in [4.69, 9.17) is 0 Å². The third-order valence-corrected chi connectivity index (χ3v) is 5.97. The van der Waals surface area contributed by atoms with Gasteiger partial charge in [0.1, 0.15) is 5.82 Å². The summed E-state index contributed by atoms with van der Waals surface area (Å²) in [7, 11) is 4.03. The van der Waals surface area contributed by atoms with Crippen molar-refractivity contribution >= 4 is 11.6 Å². The van der Waals surface area contributed by atoms with E-state index in [2.05, 4.69) is 63.6 Å². The van der Waals surface area contributed by atoms with Crippen LogP contribution in [0.4, 0.5) is 10.1 Å². The van der Waals surface area contributed by atoms with Crippen molar-refractivity contribution in [1.82, 2.24) is 10.2 Å². The number of hydrogen-bond donors (Lipinski definition) is 1. The van der Waals surface area contributed by atoms with Gasteiger partial charge in [-0.05, 0) is 47.4 Å². The molecule has 0 aliphatic carbocycles. The molecule has 0 aromatic heterocycles. The lowest BCUT2D eigenvalue weighted by Crippen LogP contribution is -2.40. The lowest BCUT2D eigenvalue weighted by atomic mass is 9.96. The van der Waals surface area contributed by atoms with Gasteiger partial charge in [-0.1, -0.05) is 48.5 Å². The van der Waals surface area contributed by atoms with Gasteiger partial charge in [0, 0.05) is 39.4 Å². The van der Waals surface area contributed by atoms with E-state index in [9.17, 15) is 9.18 Å². The summed E-state index contributed by atoms with van der Waals surface area (Å²) in [6, 6.07) is 23.0. The van der Waals surface area contributed by atoms with Gasteiger partial charge in [-0.3, -0.25) is 9.69 Å². The Morgan fingerprint density at radius 3 is 2.39 bits per heavy atom. The fourth-order valence-electron chi connectivity index (χ4n) is 4.17. The predicted molar refractivity (Wildman–Crippen MR) is 123 cm³/mol. The molecule has 1 N–H and O–H groups in total. The standard InChI is InChI=1S/C26H28FN3O/c1-29(2)22-13-11-20(12-14-22)25(17-28-26(31)23-9-5-6-10-24(23)27)30-16-15-19-7-3-4-8-21(19)18-30/h3-14,25H,15-18H2,1-2H3,(H,28,31)/t25-/m0/s1. The number of rotatable bonds is 6. The van der Waals surface area contributed by atoms with Crippen LogP contribution in [0.3, 0.4) is 0 Å². The average Bonchev–Trinajstić information content (AvgIpc) is 2.79. The number of benzene rings is 3. The molecule has 0 bridgehead atoms. The van der Waals surface area contributed by atoms with Crippen LogP contribution in [-0.2, 0) is 13.0 Å². The van der Waals surface area contributed by atoms with Crippen LogP contribution in [-0.4, -0.2) is 38.0 Å². The predicted octanol–water partition coefficient (Wildman–Crippen LogP) is 4.42. The zero-order valence-electron chi connectivity index (χ0n) is 18.0. The van der Waals surface area contributed by atoms with Crippen LogP contribution in [0.1, 0.15) is 33.1 Å². The van der Waals surface area contributed by atoms with Gasteiger partial charge >= 0.3 is 0 Å². The van der Waals surface area contributed by atoms with Crippen molar-refractivity contribution in [2.75, 3.05) is 32.1 Å². The smallest absolute Gasteiger partial charge is 0.254 e. The monoisotopic (exact) mass is 417 g/mol. The number of halogens is 1. The van der Waals surface area contributed by atoms with E-state index in [1.54, 1.807) is 12.1 Å². The molecule has 3 aromatic carbocycles. The minimum Gasteiger partial charge on any atom is -0.378 e. The van der Waals surface area contributed by atoms with E-state index < -0.39 is 5.82 Å². The highest BCUT2D eigenvalue weighted by Gasteiger charge is 2.25. The number of anilines is 1. The fourth-order valence-corrected chi connectivity index (χ4v) is 4.17. The van der Waals surface area contributed by atoms with Gasteiger partial charge in [0.05, 0.1) is 11.6 Å². The topological polar surface area (TPSA) is 35.6 Å². The second-order valence-electron chi connectivity index (χ2n) is 8.18. The number of carbonyl (C=O) groups is 1. The molecule has 1 aliphatic heterocycles. The summed E-state index contributed by atoms with van der Waals surface area (Å²) in [5.41, 5.74) is 5.05. The first-order chi connectivity index (χ1) is 15.0. The van der Waals surface area contributed by atoms with Crippen LogP contribution in [0.5, 0.6) is 0 Å². The Balaban J connectivity index is 1.57. The molecule has 0 radical (unpaired) electrons.